The highest BCUT2D eigenvalue weighted by Crippen LogP contribution is 2.24. The van der Waals surface area contributed by atoms with Crippen LogP contribution in [-0.2, 0) is 9.59 Å². The summed E-state index contributed by atoms with van der Waals surface area (Å²) in [5.74, 6) is -0.650. The van der Waals surface area contributed by atoms with Gasteiger partial charge in [0.05, 0.1) is 0 Å². The fourth-order valence-electron chi connectivity index (χ4n) is 3.96. The molecule has 1 aromatic carbocycles. The van der Waals surface area contributed by atoms with E-state index in [1.807, 2.05) is 27.7 Å². The van der Waals surface area contributed by atoms with Crippen LogP contribution >= 0.6 is 0 Å². The molecule has 0 saturated carbocycles. The van der Waals surface area contributed by atoms with Crippen LogP contribution in [0.25, 0.3) is 0 Å². The van der Waals surface area contributed by atoms with Gasteiger partial charge in [-0.15, -0.1) is 0 Å². The SMILES string of the molecule is CCN(CC)C(=O)[C@@H](NC(=O)CC(C)C)C1CCN(C(=O)c2cccc(F)c2)CC1. The number of amides is 3. The Bertz CT molecular complexity index is 741. The molecule has 0 aromatic heterocycles. The fourth-order valence-corrected chi connectivity index (χ4v) is 3.96. The summed E-state index contributed by atoms with van der Waals surface area (Å²) >= 11 is 0. The third-order valence-corrected chi connectivity index (χ3v) is 5.62. The third-order valence-electron chi connectivity index (χ3n) is 5.62. The lowest BCUT2D eigenvalue weighted by Gasteiger charge is -2.37. The Morgan fingerprint density at radius 2 is 1.80 bits per heavy atom. The molecule has 0 bridgehead atoms. The Labute approximate surface area is 178 Å². The van der Waals surface area contributed by atoms with Crippen molar-refractivity contribution < 1.29 is 18.8 Å². The first-order chi connectivity index (χ1) is 14.3. The Balaban J connectivity index is 2.08. The van der Waals surface area contributed by atoms with Crippen LogP contribution in [0.2, 0.25) is 0 Å². The molecule has 30 heavy (non-hydrogen) atoms. The monoisotopic (exact) mass is 419 g/mol. The van der Waals surface area contributed by atoms with Crippen molar-refractivity contribution in [1.82, 2.24) is 15.1 Å². The van der Waals surface area contributed by atoms with E-state index in [4.69, 9.17) is 0 Å². The number of nitrogens with one attached hydrogen (secondary N) is 1. The molecule has 1 heterocycles. The van der Waals surface area contributed by atoms with Gasteiger partial charge in [-0.2, -0.15) is 0 Å². The van der Waals surface area contributed by atoms with Crippen molar-refractivity contribution in [2.75, 3.05) is 26.2 Å². The molecule has 1 N–H and O–H groups in total. The molecule has 1 aliphatic heterocycles. The lowest BCUT2D eigenvalue weighted by atomic mass is 9.87. The van der Waals surface area contributed by atoms with Gasteiger partial charge >= 0.3 is 0 Å². The summed E-state index contributed by atoms with van der Waals surface area (Å²) in [7, 11) is 0. The van der Waals surface area contributed by atoms with E-state index in [1.54, 1.807) is 15.9 Å². The van der Waals surface area contributed by atoms with Gasteiger partial charge in [0.2, 0.25) is 11.8 Å². The molecule has 1 atom stereocenters. The molecule has 6 nitrogen and oxygen atoms in total. The van der Waals surface area contributed by atoms with E-state index in [0.717, 1.165) is 0 Å². The quantitative estimate of drug-likeness (QED) is 0.704. The minimum absolute atomic E-state index is 0.0363. The Morgan fingerprint density at radius 3 is 2.33 bits per heavy atom. The molecule has 0 radical (unpaired) electrons. The summed E-state index contributed by atoms with van der Waals surface area (Å²) in [6.45, 7) is 9.91. The maximum atomic E-state index is 13.5. The van der Waals surface area contributed by atoms with Crippen LogP contribution in [0.4, 0.5) is 4.39 Å². The molecule has 2 rings (SSSR count). The van der Waals surface area contributed by atoms with E-state index in [9.17, 15) is 18.8 Å². The number of halogens is 1. The van der Waals surface area contributed by atoms with Gasteiger partial charge in [0.25, 0.3) is 5.91 Å². The van der Waals surface area contributed by atoms with Crippen molar-refractivity contribution in [3.05, 3.63) is 35.6 Å². The number of likely N-dealkylation sites (N-methyl/N-ethyl adjacent to an activating group) is 1. The van der Waals surface area contributed by atoms with Crippen molar-refractivity contribution in [1.29, 1.82) is 0 Å². The highest BCUT2D eigenvalue weighted by molar-refractivity contribution is 5.94. The number of carbonyl (C=O) groups excluding carboxylic acids is 3. The number of carbonyl (C=O) groups is 3. The first-order valence-electron chi connectivity index (χ1n) is 10.9. The third kappa shape index (κ3) is 6.28. The number of rotatable bonds is 8. The number of nitrogens with zero attached hydrogens (tertiary/aromatic N) is 2. The van der Waals surface area contributed by atoms with E-state index in [-0.39, 0.29) is 29.6 Å². The van der Waals surface area contributed by atoms with Crippen LogP contribution in [-0.4, -0.2) is 59.7 Å². The highest BCUT2D eigenvalue weighted by Gasteiger charge is 2.35. The van der Waals surface area contributed by atoms with Crippen molar-refractivity contribution in [3.8, 4) is 0 Å². The first kappa shape index (κ1) is 23.8. The molecule has 0 spiro atoms. The molecule has 0 aliphatic carbocycles. The molecule has 7 heteroatoms. The normalized spacial score (nSPS) is 15.7. The van der Waals surface area contributed by atoms with Crippen molar-refractivity contribution in [3.63, 3.8) is 0 Å². The van der Waals surface area contributed by atoms with Gasteiger partial charge in [-0.05, 0) is 56.7 Å². The van der Waals surface area contributed by atoms with E-state index in [0.29, 0.717) is 51.0 Å². The van der Waals surface area contributed by atoms with Gasteiger partial charge in [-0.1, -0.05) is 19.9 Å². The van der Waals surface area contributed by atoms with E-state index >= 15 is 0 Å². The predicted octanol–water partition coefficient (Wildman–Crippen LogP) is 3.08. The van der Waals surface area contributed by atoms with Crippen LogP contribution in [0.3, 0.4) is 0 Å². The number of benzene rings is 1. The Hall–Kier alpha value is -2.44. The second-order valence-corrected chi connectivity index (χ2v) is 8.29. The van der Waals surface area contributed by atoms with Gasteiger partial charge in [0.15, 0.2) is 0 Å². The Morgan fingerprint density at radius 1 is 1.17 bits per heavy atom. The second-order valence-electron chi connectivity index (χ2n) is 8.29. The molecule has 1 saturated heterocycles. The maximum absolute atomic E-state index is 13.5. The molecular formula is C23H34FN3O3. The van der Waals surface area contributed by atoms with Crippen LogP contribution in [0.5, 0.6) is 0 Å². The zero-order chi connectivity index (χ0) is 22.3. The van der Waals surface area contributed by atoms with Gasteiger partial charge < -0.3 is 15.1 Å². The van der Waals surface area contributed by atoms with Crippen molar-refractivity contribution in [2.24, 2.45) is 11.8 Å². The van der Waals surface area contributed by atoms with Gasteiger partial charge in [0.1, 0.15) is 11.9 Å². The fraction of sp³-hybridized carbons (Fsp3) is 0.609. The number of hydrogen-bond acceptors (Lipinski definition) is 3. The van der Waals surface area contributed by atoms with Crippen LogP contribution < -0.4 is 5.32 Å². The minimum atomic E-state index is -0.581. The number of likely N-dealkylation sites (tertiary alicyclic amines) is 1. The van der Waals surface area contributed by atoms with E-state index < -0.39 is 11.9 Å². The minimum Gasteiger partial charge on any atom is -0.344 e. The zero-order valence-electron chi connectivity index (χ0n) is 18.5. The largest absolute Gasteiger partial charge is 0.344 e. The Kier molecular flexibility index (Phi) is 8.81. The molecule has 1 fully saturated rings. The first-order valence-corrected chi connectivity index (χ1v) is 10.9. The molecule has 1 aliphatic rings. The van der Waals surface area contributed by atoms with Crippen LogP contribution in [0, 0.1) is 17.7 Å². The maximum Gasteiger partial charge on any atom is 0.253 e. The van der Waals surface area contributed by atoms with Gasteiger partial charge in [-0.25, -0.2) is 4.39 Å². The standard InChI is InChI=1S/C23H34FN3O3/c1-5-26(6-2)23(30)21(25-20(28)14-16(3)4)17-10-12-27(13-11-17)22(29)18-8-7-9-19(24)15-18/h7-9,15-17,21H,5-6,10-14H2,1-4H3,(H,25,28)/t21-/m0/s1. The number of piperidine rings is 1. The molecule has 3 amide bonds. The van der Waals surface area contributed by atoms with E-state index in [1.165, 1.54) is 18.2 Å². The lowest BCUT2D eigenvalue weighted by Crippen LogP contribution is -2.54. The molecule has 0 unspecified atom stereocenters. The van der Waals surface area contributed by atoms with Gasteiger partial charge in [0, 0.05) is 38.2 Å². The van der Waals surface area contributed by atoms with Crippen molar-refractivity contribution in [2.45, 2.75) is 53.0 Å². The summed E-state index contributed by atoms with van der Waals surface area (Å²) < 4.78 is 13.5. The average Bonchev–Trinajstić information content (AvgIpc) is 2.72. The van der Waals surface area contributed by atoms with Crippen LogP contribution in [0.1, 0.15) is 57.3 Å². The number of hydrogen-bond donors (Lipinski definition) is 1. The highest BCUT2D eigenvalue weighted by atomic mass is 19.1. The average molecular weight is 420 g/mol. The van der Waals surface area contributed by atoms with E-state index in [2.05, 4.69) is 5.32 Å². The van der Waals surface area contributed by atoms with Gasteiger partial charge in [-0.3, -0.25) is 14.4 Å². The topological polar surface area (TPSA) is 69.7 Å². The summed E-state index contributed by atoms with van der Waals surface area (Å²) in [6.07, 6.45) is 1.60. The summed E-state index contributed by atoms with van der Waals surface area (Å²) in [5.41, 5.74) is 0.328. The molecular weight excluding hydrogens is 385 g/mol. The zero-order valence-corrected chi connectivity index (χ0v) is 18.5. The summed E-state index contributed by atoms with van der Waals surface area (Å²) in [6, 6.07) is 5.11. The lowest BCUT2D eigenvalue weighted by molar-refractivity contribution is -0.138. The molecule has 166 valence electrons. The van der Waals surface area contributed by atoms with Crippen molar-refractivity contribution >= 4 is 17.7 Å². The van der Waals surface area contributed by atoms with Crippen LogP contribution in [0.15, 0.2) is 24.3 Å². The molecule has 1 aromatic rings. The smallest absolute Gasteiger partial charge is 0.253 e. The summed E-state index contributed by atoms with van der Waals surface area (Å²) in [4.78, 5) is 41.6. The second kappa shape index (κ2) is 11.1. The summed E-state index contributed by atoms with van der Waals surface area (Å²) in [5, 5.41) is 2.97. The predicted molar refractivity (Wildman–Crippen MR) is 114 cm³/mol.